The van der Waals surface area contributed by atoms with E-state index in [2.05, 4.69) is 234 Å². The lowest BCUT2D eigenvalue weighted by atomic mass is 10.9. The topological polar surface area (TPSA) is 290 Å². The molecule has 0 radical (unpaired) electrons. The molecule has 0 N–H and O–H groups in total. The van der Waals surface area contributed by atoms with Crippen LogP contribution in [0.25, 0.3) is 0 Å². The molecule has 14 atom stereocenters. The van der Waals surface area contributed by atoms with Crippen LogP contribution in [0.4, 0.5) is 0 Å². The van der Waals surface area contributed by atoms with Crippen molar-refractivity contribution in [1.82, 2.24) is 0 Å². The predicted octanol–water partition coefficient (Wildman–Crippen LogP) is 19.2. The van der Waals surface area contributed by atoms with Crippen LogP contribution in [0.15, 0.2) is 0 Å². The van der Waals surface area contributed by atoms with Gasteiger partial charge in [-0.15, -0.1) is 0 Å². The van der Waals surface area contributed by atoms with Crippen molar-refractivity contribution in [3.05, 3.63) is 0 Å². The summed E-state index contributed by atoms with van der Waals surface area (Å²) >= 11 is 0. The maximum absolute atomic E-state index is 10.9. The third-order valence-electron chi connectivity index (χ3n) is 21.2. The summed E-state index contributed by atoms with van der Waals surface area (Å²) in [4.78, 5) is 43.2. The fourth-order valence-electron chi connectivity index (χ4n) is 14.8. The van der Waals surface area contributed by atoms with E-state index >= 15 is 0 Å². The molecule has 14 unspecified atom stereocenters. The van der Waals surface area contributed by atoms with E-state index in [4.69, 9.17) is 106 Å². The molecule has 0 aromatic carbocycles. The van der Waals surface area contributed by atoms with Crippen LogP contribution in [0.5, 0.6) is 0 Å². The van der Waals surface area contributed by atoms with Gasteiger partial charge in [-0.3, -0.25) is 19.2 Å². The van der Waals surface area contributed by atoms with Crippen LogP contribution in [0.3, 0.4) is 0 Å². The highest BCUT2D eigenvalue weighted by atomic mass is 28.4. The molecule has 138 heavy (non-hydrogen) atoms. The summed E-state index contributed by atoms with van der Waals surface area (Å²) in [6.07, 6.45) is 0. The van der Waals surface area contributed by atoms with Crippen molar-refractivity contribution in [1.29, 1.82) is 0 Å². The molecule has 0 aliphatic heterocycles. The monoisotopic (exact) mass is 2390 g/mol. The Labute approximate surface area is 889 Å². The molecule has 0 aromatic heterocycles. The smallest absolute Gasteiger partial charge is 0.289 e. The maximum Gasteiger partial charge on any atom is 0.289 e. The third kappa shape index (κ3) is 129. The second-order valence-corrected chi connectivity index (χ2v) is 130. The summed E-state index contributed by atoms with van der Waals surface area (Å²) in [5.41, 5.74) is 13.9. The molecule has 0 spiro atoms. The van der Waals surface area contributed by atoms with Gasteiger partial charge in [-0.05, 0) is 333 Å². The highest BCUT2D eigenvalue weighted by Gasteiger charge is 2.40. The number of hydrogen-bond donors (Lipinski definition) is 0. The van der Waals surface area contributed by atoms with Gasteiger partial charge in [0.15, 0.2) is 176 Å². The van der Waals surface area contributed by atoms with Crippen molar-refractivity contribution in [3.8, 4) is 0 Å². The zero-order chi connectivity index (χ0) is 111. The zero-order valence-electron chi connectivity index (χ0n) is 101. The highest BCUT2D eigenvalue weighted by Crippen LogP contribution is 2.25. The van der Waals surface area contributed by atoms with Gasteiger partial charge in [0.25, 0.3) is 23.9 Å². The Morgan fingerprint density at radius 2 is 0.428 bits per heavy atom. The van der Waals surface area contributed by atoms with Crippen molar-refractivity contribution in [2.24, 2.45) is 0 Å². The second kappa shape index (κ2) is 98.7. The first-order chi connectivity index (χ1) is 63.1. The summed E-state index contributed by atoms with van der Waals surface area (Å²) in [5, 5.41) is 0. The van der Waals surface area contributed by atoms with Gasteiger partial charge in [0.05, 0.1) is 0 Å². The lowest BCUT2D eigenvalue weighted by Crippen LogP contribution is -2.45. The van der Waals surface area contributed by atoms with Gasteiger partial charge < -0.3 is 106 Å². The molecule has 844 valence electrons. The minimum atomic E-state index is -2.03. The Morgan fingerprint density at radius 3 is 0.681 bits per heavy atom. The molecule has 0 rings (SSSR count). The van der Waals surface area contributed by atoms with Gasteiger partial charge >= 0.3 is 0 Å². The molecular weight excluding hydrogens is 2150 g/mol. The van der Waals surface area contributed by atoms with Gasteiger partial charge in [0.1, 0.15) is 0 Å². The van der Waals surface area contributed by atoms with Crippen LogP contribution in [0.2, 0.25) is 289 Å². The van der Waals surface area contributed by atoms with E-state index in [0.717, 1.165) is 64.2 Å². The average molecular weight is 2390 g/mol. The Balaban J connectivity index is -0.000000126. The Bertz CT molecular complexity index is 2600. The molecule has 0 heterocycles. The third-order valence-corrected chi connectivity index (χ3v) is 116. The van der Waals surface area contributed by atoms with Crippen molar-refractivity contribution >= 4 is 234 Å². The predicted molar refractivity (Wildman–Crippen MR) is 657 cm³/mol. The summed E-state index contributed by atoms with van der Waals surface area (Å²) in [6, 6.07) is 4.96. The molecule has 0 aliphatic rings. The van der Waals surface area contributed by atoms with Crippen molar-refractivity contribution in [2.45, 2.75) is 399 Å². The molecule has 0 saturated heterocycles. The SMILES string of the molecule is CC(=O)O[SiH](C)C[Si](C)(C)OC(C)=O.CC(=O)O[Si](C)(C)C[Si](C)(C)OC(C)=O.CCO[SiH](C)C[SiH](C)OCC.CCO[SiH](C)C[SiH](CC)OCC.CCO[SiH](C)C[Si](C)(C)OCC.CCO[Si](C)(C)C[Si](C)(C)OCC.CC[SiH](C[SiH](C)OC)OC.CC[SiH](C[SiH](CC)OC)OC.CO[SiH](C)C[SiH](C)OC.CO[SiH](C)C[Si](C)(C)OC.CO[SiH](C)C[Si](C)(C)OC.CO[Si](C)(C)C[Si](C)(C)OC. The zero-order valence-corrected chi connectivity index (χ0v) is 128. The molecule has 0 aliphatic carbocycles. The largest absolute Gasteiger partial charge is 0.523 e. The summed E-state index contributed by atoms with van der Waals surface area (Å²) < 4.78 is 131. The Morgan fingerprint density at radius 1 is 0.203 bits per heavy atom. The first kappa shape index (κ1) is 165. The fraction of sp³-hybridized carbons (Fsp3) is 0.953. The lowest BCUT2D eigenvalue weighted by molar-refractivity contribution is -0.134. The van der Waals surface area contributed by atoms with Crippen LogP contribution in [0.1, 0.15) is 111 Å². The highest BCUT2D eigenvalue weighted by molar-refractivity contribution is 6.92. The van der Waals surface area contributed by atoms with E-state index in [9.17, 15) is 19.2 Å². The maximum atomic E-state index is 10.9. The van der Waals surface area contributed by atoms with E-state index in [1.165, 1.54) is 109 Å². The van der Waals surface area contributed by atoms with Gasteiger partial charge in [-0.1, -0.05) is 27.7 Å². The molecule has 0 bridgehead atoms. The number of hydrogen-bond acceptors (Lipinski definition) is 28. The Hall–Kier alpha value is 2.29. The second-order valence-electron chi connectivity index (χ2n) is 41.0. The molecular formula is C86H236O28Si24. The summed E-state index contributed by atoms with van der Waals surface area (Å²) in [6.45, 7) is 103. The normalized spacial score (nSPS) is 14.9. The molecule has 0 fully saturated rings. The van der Waals surface area contributed by atoms with Gasteiger partial charge in [0.2, 0.25) is 34.0 Å². The van der Waals surface area contributed by atoms with Crippen LogP contribution in [0, 0.1) is 0 Å². The van der Waals surface area contributed by atoms with Gasteiger partial charge in [-0.25, -0.2) is 0 Å². The lowest BCUT2D eigenvalue weighted by Gasteiger charge is -2.30. The molecule has 52 heteroatoms. The number of rotatable bonds is 60. The number of carbonyl (C=O) groups is 4. The minimum Gasteiger partial charge on any atom is -0.523 e. The molecule has 28 nitrogen and oxygen atoms in total. The first-order valence-corrected chi connectivity index (χ1v) is 115. The molecule has 0 saturated carbocycles. The molecule has 0 amide bonds. The van der Waals surface area contributed by atoms with E-state index in [1.54, 1.807) is 28.4 Å². The van der Waals surface area contributed by atoms with E-state index in [-0.39, 0.29) is 23.9 Å². The molecule has 0 aromatic rings. The average Bonchev–Trinajstić information content (AvgIpc) is 1.15. The van der Waals surface area contributed by atoms with Crippen LogP contribution in [-0.4, -0.2) is 372 Å². The number of carbonyl (C=O) groups excluding carboxylic acids is 4. The standard InChI is InChI=1S/C9H20O4Si2.C9H24O2Si2.C8H18O4Si2.2C8H22O2Si2.3C7H20O2Si2.3C6H18O2Si2.C5H16O2Si2/c1-8(10)12-14(3,4)7-15(5,6)13-9(2)11;1-7-10-12(3,4)9-13(5,6)11-8-2;1-7(9)11-13(3)6-14(4,5)12-8(2)10;1-6-9-11(3)8-12(4,5)10-7-2;1-5-9-11(4)8-12(7-3)10-6-2;1-8-10(3,4)7-11(5,6)9-2;1-5-8-10(3)7-11(4)9-6-2;1-5-10(8-3)7-11(6-2)9-4;2*1-7-9(3)6-10(4,5)8-2;1-5-10(8-3)6-9(4)7-2;1-6-8(3)5-9(4)7-2/h7H2,1-6H3;7-9H2,1-6H3;13H,6H2,1-5H3;11H,6-8H2,1-5H3;11-12H,5-8H2,1-4H3;7H2,1-6H3;2*10-11H,5-7H2,1-4H3;2*9H,6H2,1-5H3;9-10H,5-6H2,1-4H3;8-9H,5H2,1-4H3. The van der Waals surface area contributed by atoms with E-state index < -0.39 is 210 Å². The van der Waals surface area contributed by atoms with Crippen molar-refractivity contribution in [2.75, 3.05) is 138 Å². The van der Waals surface area contributed by atoms with Crippen molar-refractivity contribution in [3.63, 3.8) is 0 Å². The summed E-state index contributed by atoms with van der Waals surface area (Å²) in [7, 11) is -6.60. The minimum absolute atomic E-state index is 0.239. The quantitative estimate of drug-likeness (QED) is 0.0511. The van der Waals surface area contributed by atoms with Gasteiger partial charge in [0, 0.05) is 177 Å². The van der Waals surface area contributed by atoms with Crippen LogP contribution < -0.4 is 0 Å². The first-order valence-electron chi connectivity index (χ1n) is 51.3. The fourth-order valence-corrected chi connectivity index (χ4v) is 105. The van der Waals surface area contributed by atoms with Crippen molar-refractivity contribution < 1.29 is 125 Å². The van der Waals surface area contributed by atoms with E-state index in [1.807, 2.05) is 103 Å². The van der Waals surface area contributed by atoms with E-state index in [0.29, 0.717) is 0 Å². The van der Waals surface area contributed by atoms with Gasteiger partial charge in [-0.2, -0.15) is 0 Å². The summed E-state index contributed by atoms with van der Waals surface area (Å²) in [5.74, 6) is -0.985. The van der Waals surface area contributed by atoms with Crippen LogP contribution in [-0.2, 0) is 125 Å². The Kier molecular flexibility index (Phi) is 118. The van der Waals surface area contributed by atoms with Crippen LogP contribution >= 0.6 is 0 Å².